The molecule has 38 heavy (non-hydrogen) atoms. The number of aromatic nitrogens is 1. The number of fused-ring (bicyclic) bond motifs is 1. The molecule has 11 heteroatoms. The number of amides is 1. The third-order valence-corrected chi connectivity index (χ3v) is 7.84. The van der Waals surface area contributed by atoms with Crippen molar-refractivity contribution < 1.29 is 22.3 Å². The van der Waals surface area contributed by atoms with E-state index in [0.717, 1.165) is 16.7 Å². The van der Waals surface area contributed by atoms with E-state index in [9.17, 15) is 22.4 Å². The molecule has 0 fully saturated rings. The molecule has 0 bridgehead atoms. The SMILES string of the molecule is C=CS(=O)(=O)Nc1ccc(Oc2c(C)cc(F)cc2C)c(-n2cc(C)c(=O)c3sc(C(=O)NCC)cc32)c1. The Morgan fingerprint density at radius 2 is 1.82 bits per heavy atom. The van der Waals surface area contributed by atoms with E-state index in [2.05, 4.69) is 16.6 Å². The van der Waals surface area contributed by atoms with Gasteiger partial charge in [-0.25, -0.2) is 12.8 Å². The van der Waals surface area contributed by atoms with Crippen molar-refractivity contribution in [2.45, 2.75) is 27.7 Å². The zero-order valence-corrected chi connectivity index (χ0v) is 22.8. The van der Waals surface area contributed by atoms with Gasteiger partial charge in [-0.2, -0.15) is 0 Å². The maximum atomic E-state index is 13.9. The molecule has 0 spiro atoms. The van der Waals surface area contributed by atoms with E-state index in [1.54, 1.807) is 56.7 Å². The molecule has 0 radical (unpaired) electrons. The molecule has 0 atom stereocenters. The molecule has 8 nitrogen and oxygen atoms in total. The summed E-state index contributed by atoms with van der Waals surface area (Å²) in [4.78, 5) is 25.9. The van der Waals surface area contributed by atoms with Crippen LogP contribution >= 0.6 is 11.3 Å². The molecule has 2 aromatic carbocycles. The van der Waals surface area contributed by atoms with Crippen LogP contribution in [0.5, 0.6) is 11.5 Å². The van der Waals surface area contributed by atoms with Gasteiger partial charge < -0.3 is 14.6 Å². The topological polar surface area (TPSA) is 106 Å². The summed E-state index contributed by atoms with van der Waals surface area (Å²) in [6.45, 7) is 10.6. The highest BCUT2D eigenvalue weighted by Gasteiger charge is 2.20. The molecule has 0 aliphatic rings. The number of aryl methyl sites for hydroxylation is 3. The van der Waals surface area contributed by atoms with Crippen molar-refractivity contribution in [2.75, 3.05) is 11.3 Å². The minimum Gasteiger partial charge on any atom is -0.455 e. The molecule has 2 aromatic heterocycles. The molecule has 4 rings (SSSR count). The Balaban J connectivity index is 1.99. The number of hydrogen-bond acceptors (Lipinski definition) is 6. The van der Waals surface area contributed by atoms with Crippen molar-refractivity contribution in [2.24, 2.45) is 0 Å². The van der Waals surface area contributed by atoms with Gasteiger partial charge in [0.1, 0.15) is 11.6 Å². The monoisotopic (exact) mass is 555 g/mol. The lowest BCUT2D eigenvalue weighted by Crippen LogP contribution is -2.21. The minimum absolute atomic E-state index is 0.215. The van der Waals surface area contributed by atoms with E-state index in [0.29, 0.717) is 55.5 Å². The average molecular weight is 556 g/mol. The number of hydrogen-bond donors (Lipinski definition) is 2. The van der Waals surface area contributed by atoms with Crippen LogP contribution in [0, 0.1) is 26.6 Å². The van der Waals surface area contributed by atoms with Crippen LogP contribution in [0.2, 0.25) is 0 Å². The second-order valence-electron chi connectivity index (χ2n) is 8.66. The van der Waals surface area contributed by atoms with Crippen LogP contribution in [0.4, 0.5) is 10.1 Å². The first kappa shape index (κ1) is 27.1. The molecule has 1 amide bonds. The third-order valence-electron chi connectivity index (χ3n) is 5.76. The highest BCUT2D eigenvalue weighted by atomic mass is 32.2. The van der Waals surface area contributed by atoms with Crippen molar-refractivity contribution in [3.8, 4) is 17.2 Å². The van der Waals surface area contributed by atoms with Gasteiger partial charge in [0.2, 0.25) is 5.43 Å². The van der Waals surface area contributed by atoms with Gasteiger partial charge in [-0.15, -0.1) is 11.3 Å². The summed E-state index contributed by atoms with van der Waals surface area (Å²) in [6, 6.07) is 8.98. The Morgan fingerprint density at radius 3 is 2.45 bits per heavy atom. The quantitative estimate of drug-likeness (QED) is 0.297. The van der Waals surface area contributed by atoms with Crippen LogP contribution < -0.4 is 20.2 Å². The molecule has 2 N–H and O–H groups in total. The highest BCUT2D eigenvalue weighted by molar-refractivity contribution is 7.95. The van der Waals surface area contributed by atoms with Crippen LogP contribution in [0.1, 0.15) is 33.3 Å². The molecule has 198 valence electrons. The fourth-order valence-corrected chi connectivity index (χ4v) is 5.62. The van der Waals surface area contributed by atoms with E-state index >= 15 is 0 Å². The predicted molar refractivity (Wildman–Crippen MR) is 149 cm³/mol. The molecule has 0 aliphatic heterocycles. The van der Waals surface area contributed by atoms with Gasteiger partial charge in [0.25, 0.3) is 15.9 Å². The van der Waals surface area contributed by atoms with Gasteiger partial charge in [0, 0.05) is 23.7 Å². The largest absolute Gasteiger partial charge is 0.455 e. The number of pyridine rings is 1. The Kier molecular flexibility index (Phi) is 7.43. The lowest BCUT2D eigenvalue weighted by molar-refractivity contribution is 0.0960. The summed E-state index contributed by atoms with van der Waals surface area (Å²) in [5.41, 5.74) is 2.41. The van der Waals surface area contributed by atoms with Gasteiger partial charge in [0.15, 0.2) is 5.75 Å². The molecule has 0 saturated carbocycles. The Hall–Kier alpha value is -3.96. The van der Waals surface area contributed by atoms with Gasteiger partial charge in [-0.05, 0) is 75.2 Å². The number of rotatable bonds is 8. The lowest BCUT2D eigenvalue weighted by atomic mass is 10.1. The summed E-state index contributed by atoms with van der Waals surface area (Å²) in [6.07, 6.45) is 1.61. The predicted octanol–water partition coefficient (Wildman–Crippen LogP) is 5.54. The Morgan fingerprint density at radius 1 is 1.13 bits per heavy atom. The summed E-state index contributed by atoms with van der Waals surface area (Å²) in [5.74, 6) is 0.0587. The standard InChI is InChI=1S/C27H26FN3O5S2/c1-6-29-27(33)23-13-21-26(37-23)24(32)17(5)14-31(21)20-12-19(30-38(34,35)7-2)8-9-22(20)36-25-15(3)10-18(28)11-16(25)4/h7-14,30H,2,6H2,1,3-5H3,(H,29,33). The number of ether oxygens (including phenoxy) is 1. The van der Waals surface area contributed by atoms with Crippen LogP contribution in [-0.2, 0) is 10.0 Å². The van der Waals surface area contributed by atoms with Crippen molar-refractivity contribution >= 4 is 43.2 Å². The smallest absolute Gasteiger partial charge is 0.261 e. The number of benzene rings is 2. The van der Waals surface area contributed by atoms with E-state index in [1.165, 1.54) is 18.2 Å². The molecular formula is C27H26FN3O5S2. The fourth-order valence-electron chi connectivity index (χ4n) is 4.01. The zero-order valence-electron chi connectivity index (χ0n) is 21.2. The van der Waals surface area contributed by atoms with E-state index < -0.39 is 15.8 Å². The van der Waals surface area contributed by atoms with Gasteiger partial charge in [0.05, 0.1) is 26.5 Å². The lowest BCUT2D eigenvalue weighted by Gasteiger charge is -2.19. The normalized spacial score (nSPS) is 11.4. The number of carbonyl (C=O) groups excluding carboxylic acids is 1. The number of nitrogens with one attached hydrogen (secondary N) is 2. The van der Waals surface area contributed by atoms with Crippen molar-refractivity contribution in [3.63, 3.8) is 0 Å². The van der Waals surface area contributed by atoms with Crippen molar-refractivity contribution in [1.82, 2.24) is 9.88 Å². The fraction of sp³-hybridized carbons (Fsp3) is 0.185. The van der Waals surface area contributed by atoms with Crippen LogP contribution in [-0.4, -0.2) is 25.4 Å². The van der Waals surface area contributed by atoms with Gasteiger partial charge in [-0.1, -0.05) is 6.58 Å². The second-order valence-corrected chi connectivity index (χ2v) is 11.3. The first-order valence-corrected chi connectivity index (χ1v) is 14.0. The third kappa shape index (κ3) is 5.34. The molecule has 0 unspecified atom stereocenters. The van der Waals surface area contributed by atoms with Crippen molar-refractivity contribution in [1.29, 1.82) is 0 Å². The molecular weight excluding hydrogens is 529 g/mol. The van der Waals surface area contributed by atoms with Crippen molar-refractivity contribution in [3.05, 3.63) is 92.2 Å². The maximum Gasteiger partial charge on any atom is 0.261 e. The number of anilines is 1. The van der Waals surface area contributed by atoms with Gasteiger partial charge in [-0.3, -0.25) is 14.3 Å². The molecule has 0 saturated heterocycles. The Bertz CT molecular complexity index is 1730. The maximum absolute atomic E-state index is 13.9. The van der Waals surface area contributed by atoms with E-state index in [-0.39, 0.29) is 17.0 Å². The first-order valence-electron chi connectivity index (χ1n) is 11.6. The number of halogens is 1. The Labute approximate surface area is 223 Å². The van der Waals surface area contributed by atoms with E-state index in [4.69, 9.17) is 4.74 Å². The first-order chi connectivity index (χ1) is 17.9. The molecule has 4 aromatic rings. The highest BCUT2D eigenvalue weighted by Crippen LogP contribution is 2.37. The number of thiophene rings is 1. The number of sulfonamides is 1. The van der Waals surface area contributed by atoms with Crippen LogP contribution in [0.25, 0.3) is 15.9 Å². The summed E-state index contributed by atoms with van der Waals surface area (Å²) in [5, 5.41) is 3.53. The average Bonchev–Trinajstić information content (AvgIpc) is 3.30. The summed E-state index contributed by atoms with van der Waals surface area (Å²) in [7, 11) is -3.81. The second kappa shape index (κ2) is 10.4. The summed E-state index contributed by atoms with van der Waals surface area (Å²) >= 11 is 1.08. The van der Waals surface area contributed by atoms with Crippen LogP contribution in [0.15, 0.2) is 59.4 Å². The number of nitrogens with zero attached hydrogens (tertiary/aromatic N) is 1. The molecule has 0 aliphatic carbocycles. The summed E-state index contributed by atoms with van der Waals surface area (Å²) < 4.78 is 49.0. The minimum atomic E-state index is -3.81. The number of carbonyl (C=O) groups is 1. The zero-order chi connectivity index (χ0) is 27.8. The van der Waals surface area contributed by atoms with Crippen LogP contribution in [0.3, 0.4) is 0 Å². The van der Waals surface area contributed by atoms with Gasteiger partial charge >= 0.3 is 0 Å². The van der Waals surface area contributed by atoms with E-state index in [1.807, 2.05) is 0 Å². The molecule has 2 heterocycles.